The number of hydrogen-bond acceptors (Lipinski definition) is 5. The Bertz CT molecular complexity index is 927. The molecule has 2 aromatic rings. The first kappa shape index (κ1) is 21.6. The van der Waals surface area contributed by atoms with Crippen LogP contribution in [0.25, 0.3) is 0 Å². The van der Waals surface area contributed by atoms with Crippen molar-refractivity contribution in [1.29, 1.82) is 0 Å². The normalized spacial score (nSPS) is 11.1. The molecule has 0 saturated heterocycles. The second-order valence-corrected chi connectivity index (χ2v) is 7.95. The van der Waals surface area contributed by atoms with Gasteiger partial charge in [0.15, 0.2) is 6.61 Å². The SMILES string of the molecule is CCCNC(=O)COC(=O)c1ccc(C)c(S(=O)(=O)NCc2ccccc2)c1. The molecule has 2 rings (SSSR count). The topological polar surface area (TPSA) is 102 Å². The van der Waals surface area contributed by atoms with Crippen molar-refractivity contribution in [3.8, 4) is 0 Å². The lowest BCUT2D eigenvalue weighted by Gasteiger charge is -2.11. The summed E-state index contributed by atoms with van der Waals surface area (Å²) >= 11 is 0. The average molecular weight is 404 g/mol. The number of rotatable bonds is 9. The number of benzene rings is 2. The van der Waals surface area contributed by atoms with Crippen LogP contribution in [-0.2, 0) is 26.1 Å². The molecule has 8 heteroatoms. The number of esters is 1. The highest BCUT2D eigenvalue weighted by Gasteiger charge is 2.20. The molecule has 0 aromatic heterocycles. The van der Waals surface area contributed by atoms with E-state index in [0.717, 1.165) is 12.0 Å². The monoisotopic (exact) mass is 404 g/mol. The standard InChI is InChI=1S/C20H24N2O5S/c1-3-11-21-19(23)14-27-20(24)17-10-9-15(2)18(12-17)28(25,26)22-13-16-7-5-4-6-8-16/h4-10,12,22H,3,11,13-14H2,1-2H3,(H,21,23). The minimum Gasteiger partial charge on any atom is -0.452 e. The third-order valence-electron chi connectivity index (χ3n) is 3.93. The maximum absolute atomic E-state index is 12.7. The fourth-order valence-electron chi connectivity index (χ4n) is 2.40. The predicted molar refractivity (Wildman–Crippen MR) is 105 cm³/mol. The Kier molecular flexibility index (Phi) is 7.71. The van der Waals surface area contributed by atoms with Gasteiger partial charge >= 0.3 is 5.97 Å². The van der Waals surface area contributed by atoms with Crippen molar-refractivity contribution < 1.29 is 22.7 Å². The van der Waals surface area contributed by atoms with E-state index in [9.17, 15) is 18.0 Å². The van der Waals surface area contributed by atoms with Crippen LogP contribution in [0.15, 0.2) is 53.4 Å². The molecule has 0 atom stereocenters. The fourth-order valence-corrected chi connectivity index (χ4v) is 3.68. The quantitative estimate of drug-likeness (QED) is 0.624. The van der Waals surface area contributed by atoms with E-state index >= 15 is 0 Å². The molecule has 0 heterocycles. The van der Waals surface area contributed by atoms with Crippen LogP contribution in [0.2, 0.25) is 0 Å². The predicted octanol–water partition coefficient (Wildman–Crippen LogP) is 2.16. The number of ether oxygens (including phenoxy) is 1. The Morgan fingerprint density at radius 2 is 1.79 bits per heavy atom. The van der Waals surface area contributed by atoms with Crippen molar-refractivity contribution in [3.63, 3.8) is 0 Å². The summed E-state index contributed by atoms with van der Waals surface area (Å²) in [5.41, 5.74) is 1.38. The summed E-state index contributed by atoms with van der Waals surface area (Å²) in [5, 5.41) is 2.59. The lowest BCUT2D eigenvalue weighted by molar-refractivity contribution is -0.124. The minimum atomic E-state index is -3.83. The van der Waals surface area contributed by atoms with E-state index in [0.29, 0.717) is 12.1 Å². The van der Waals surface area contributed by atoms with E-state index in [2.05, 4.69) is 10.0 Å². The number of nitrogens with one attached hydrogen (secondary N) is 2. The fraction of sp³-hybridized carbons (Fsp3) is 0.300. The smallest absolute Gasteiger partial charge is 0.338 e. The number of hydrogen-bond donors (Lipinski definition) is 2. The Hall–Kier alpha value is -2.71. The maximum atomic E-state index is 12.7. The molecule has 0 spiro atoms. The van der Waals surface area contributed by atoms with Gasteiger partial charge in [0, 0.05) is 13.1 Å². The van der Waals surface area contributed by atoms with Crippen molar-refractivity contribution in [2.24, 2.45) is 0 Å². The van der Waals surface area contributed by atoms with E-state index in [1.54, 1.807) is 6.92 Å². The number of aryl methyl sites for hydroxylation is 1. The summed E-state index contributed by atoms with van der Waals surface area (Å²) in [6.07, 6.45) is 0.773. The molecule has 0 aliphatic heterocycles. The molecule has 0 saturated carbocycles. The van der Waals surface area contributed by atoms with E-state index in [-0.39, 0.29) is 17.0 Å². The number of sulfonamides is 1. The van der Waals surface area contributed by atoms with Crippen molar-refractivity contribution in [2.75, 3.05) is 13.2 Å². The lowest BCUT2D eigenvalue weighted by atomic mass is 10.1. The first-order chi connectivity index (χ1) is 13.3. The molecule has 7 nitrogen and oxygen atoms in total. The molecule has 2 aromatic carbocycles. The molecule has 28 heavy (non-hydrogen) atoms. The van der Waals surface area contributed by atoms with Gasteiger partial charge in [-0.15, -0.1) is 0 Å². The lowest BCUT2D eigenvalue weighted by Crippen LogP contribution is -2.29. The van der Waals surface area contributed by atoms with Crippen LogP contribution in [0.1, 0.15) is 34.8 Å². The minimum absolute atomic E-state index is 0.00619. The van der Waals surface area contributed by atoms with E-state index < -0.39 is 28.5 Å². The van der Waals surface area contributed by atoms with Crippen molar-refractivity contribution >= 4 is 21.9 Å². The van der Waals surface area contributed by atoms with Gasteiger partial charge in [-0.2, -0.15) is 0 Å². The van der Waals surface area contributed by atoms with Crippen LogP contribution in [-0.4, -0.2) is 33.4 Å². The Balaban J connectivity index is 2.08. The summed E-state index contributed by atoms with van der Waals surface area (Å²) < 4.78 is 32.8. The van der Waals surface area contributed by atoms with Crippen LogP contribution in [0.5, 0.6) is 0 Å². The van der Waals surface area contributed by atoms with Crippen molar-refractivity contribution in [2.45, 2.75) is 31.7 Å². The summed E-state index contributed by atoms with van der Waals surface area (Å²) in [4.78, 5) is 23.7. The molecule has 0 fully saturated rings. The first-order valence-electron chi connectivity index (χ1n) is 8.91. The molecule has 0 bridgehead atoms. The first-order valence-corrected chi connectivity index (χ1v) is 10.4. The van der Waals surface area contributed by atoms with Crippen molar-refractivity contribution in [1.82, 2.24) is 10.0 Å². The Morgan fingerprint density at radius 3 is 2.46 bits per heavy atom. The maximum Gasteiger partial charge on any atom is 0.338 e. The van der Waals surface area contributed by atoms with Gasteiger partial charge in [-0.25, -0.2) is 17.9 Å². The van der Waals surface area contributed by atoms with Gasteiger partial charge in [0.1, 0.15) is 0 Å². The van der Waals surface area contributed by atoms with Crippen LogP contribution < -0.4 is 10.0 Å². The molecule has 1 amide bonds. The van der Waals surface area contributed by atoms with Gasteiger partial charge in [-0.05, 0) is 36.6 Å². The zero-order valence-electron chi connectivity index (χ0n) is 15.9. The largest absolute Gasteiger partial charge is 0.452 e. The molecular formula is C20H24N2O5S. The van der Waals surface area contributed by atoms with Gasteiger partial charge in [0.25, 0.3) is 5.91 Å². The number of carbonyl (C=O) groups excluding carboxylic acids is 2. The molecule has 150 valence electrons. The van der Waals surface area contributed by atoms with Crippen LogP contribution >= 0.6 is 0 Å². The average Bonchev–Trinajstić information content (AvgIpc) is 2.70. The summed E-state index contributed by atoms with van der Waals surface area (Å²) in [5.74, 6) is -1.16. The summed E-state index contributed by atoms with van der Waals surface area (Å²) in [6, 6.07) is 13.4. The van der Waals surface area contributed by atoms with Gasteiger partial charge in [-0.3, -0.25) is 4.79 Å². The molecule has 0 radical (unpaired) electrons. The Labute approximate surface area is 165 Å². The third kappa shape index (κ3) is 6.17. The highest BCUT2D eigenvalue weighted by Crippen LogP contribution is 2.18. The van der Waals surface area contributed by atoms with Gasteiger partial charge in [-0.1, -0.05) is 43.3 Å². The third-order valence-corrected chi connectivity index (χ3v) is 5.47. The number of carbonyl (C=O) groups is 2. The molecule has 0 unspecified atom stereocenters. The highest BCUT2D eigenvalue weighted by molar-refractivity contribution is 7.89. The van der Waals surface area contributed by atoms with E-state index in [4.69, 9.17) is 4.74 Å². The molecule has 0 aliphatic carbocycles. The summed E-state index contributed by atoms with van der Waals surface area (Å²) in [7, 11) is -3.83. The second kappa shape index (κ2) is 10.0. The van der Waals surface area contributed by atoms with Crippen LogP contribution in [0, 0.1) is 6.92 Å². The second-order valence-electron chi connectivity index (χ2n) is 6.22. The number of amides is 1. The van der Waals surface area contributed by atoms with Crippen molar-refractivity contribution in [3.05, 3.63) is 65.2 Å². The van der Waals surface area contributed by atoms with Gasteiger partial charge in [0.2, 0.25) is 10.0 Å². The van der Waals surface area contributed by atoms with E-state index in [1.165, 1.54) is 18.2 Å². The zero-order valence-corrected chi connectivity index (χ0v) is 16.7. The summed E-state index contributed by atoms with van der Waals surface area (Å²) in [6.45, 7) is 3.77. The molecule has 2 N–H and O–H groups in total. The van der Waals surface area contributed by atoms with Crippen LogP contribution in [0.3, 0.4) is 0 Å². The zero-order chi connectivity index (χ0) is 20.6. The van der Waals surface area contributed by atoms with Gasteiger partial charge < -0.3 is 10.1 Å². The molecule has 0 aliphatic rings. The van der Waals surface area contributed by atoms with Gasteiger partial charge in [0.05, 0.1) is 10.5 Å². The van der Waals surface area contributed by atoms with E-state index in [1.807, 2.05) is 37.3 Å². The Morgan fingerprint density at radius 1 is 1.07 bits per heavy atom. The molecular weight excluding hydrogens is 380 g/mol. The van der Waals surface area contributed by atoms with Crippen LogP contribution in [0.4, 0.5) is 0 Å². The highest BCUT2D eigenvalue weighted by atomic mass is 32.2.